The van der Waals surface area contributed by atoms with E-state index >= 15 is 0 Å². The molecule has 0 heterocycles. The summed E-state index contributed by atoms with van der Waals surface area (Å²) in [5.41, 5.74) is 3.21. The zero-order valence-corrected chi connectivity index (χ0v) is 12.4. The van der Waals surface area contributed by atoms with Crippen molar-refractivity contribution in [2.24, 2.45) is 0 Å². The van der Waals surface area contributed by atoms with Crippen LogP contribution >= 0.6 is 22.6 Å². The first-order valence-corrected chi connectivity index (χ1v) is 8.07. The van der Waals surface area contributed by atoms with Gasteiger partial charge in [-0.2, -0.15) is 0 Å². The van der Waals surface area contributed by atoms with Gasteiger partial charge in [0, 0.05) is 5.56 Å². The Morgan fingerprint density at radius 2 is 1.56 bits per heavy atom. The standard InChI is InChI=1S/C15H12O.CH3I/c16-15-13-9-5-4-8-12(13)10-14(15)11-6-2-1-3-7-11;1-2/h1-9,14H,10H2;1H3. The van der Waals surface area contributed by atoms with E-state index in [-0.39, 0.29) is 11.7 Å². The lowest BCUT2D eigenvalue weighted by molar-refractivity contribution is 0.0973. The molecule has 2 heteroatoms. The molecule has 0 fully saturated rings. The fourth-order valence-corrected chi connectivity index (χ4v) is 2.39. The fourth-order valence-electron chi connectivity index (χ4n) is 2.39. The van der Waals surface area contributed by atoms with Crippen LogP contribution in [0.3, 0.4) is 0 Å². The number of carbonyl (C=O) groups excluding carboxylic acids is 1. The molecular formula is C16H15IO. The lowest BCUT2D eigenvalue weighted by Crippen LogP contribution is -2.06. The highest BCUT2D eigenvalue weighted by Crippen LogP contribution is 2.33. The molecule has 1 aliphatic carbocycles. The van der Waals surface area contributed by atoms with Gasteiger partial charge < -0.3 is 0 Å². The number of ketones is 1. The predicted molar refractivity (Wildman–Crippen MR) is 83.6 cm³/mol. The summed E-state index contributed by atoms with van der Waals surface area (Å²) in [5, 5.41) is 0. The van der Waals surface area contributed by atoms with E-state index in [0.717, 1.165) is 17.5 Å². The summed E-state index contributed by atoms with van der Waals surface area (Å²) in [6, 6.07) is 18.0. The van der Waals surface area contributed by atoms with Crippen molar-refractivity contribution in [2.75, 3.05) is 4.93 Å². The Morgan fingerprint density at radius 3 is 2.22 bits per heavy atom. The van der Waals surface area contributed by atoms with Gasteiger partial charge in [0.25, 0.3) is 0 Å². The van der Waals surface area contributed by atoms with Crippen molar-refractivity contribution < 1.29 is 4.79 Å². The topological polar surface area (TPSA) is 17.1 Å². The molecule has 0 N–H and O–H groups in total. The molecular weight excluding hydrogens is 335 g/mol. The number of fused-ring (bicyclic) bond motifs is 1. The molecule has 3 rings (SSSR count). The Bertz CT molecular complexity index is 534. The summed E-state index contributed by atoms with van der Waals surface area (Å²) in [6.45, 7) is 0. The van der Waals surface area contributed by atoms with Crippen LogP contribution < -0.4 is 0 Å². The van der Waals surface area contributed by atoms with Crippen LogP contribution in [-0.4, -0.2) is 10.7 Å². The van der Waals surface area contributed by atoms with Crippen molar-refractivity contribution in [3.05, 3.63) is 71.3 Å². The molecule has 1 aliphatic rings. The number of carbonyl (C=O) groups is 1. The molecule has 0 aliphatic heterocycles. The summed E-state index contributed by atoms with van der Waals surface area (Å²) in [4.78, 5) is 14.2. The average molecular weight is 350 g/mol. The maximum Gasteiger partial charge on any atom is 0.170 e. The third kappa shape index (κ3) is 2.48. The van der Waals surface area contributed by atoms with E-state index < -0.39 is 0 Å². The SMILES string of the molecule is CI.O=C1c2ccccc2CC1c1ccccc1. The van der Waals surface area contributed by atoms with Crippen LogP contribution in [-0.2, 0) is 6.42 Å². The Balaban J connectivity index is 0.000000574. The number of benzene rings is 2. The van der Waals surface area contributed by atoms with Crippen molar-refractivity contribution in [3.8, 4) is 0 Å². The number of halogens is 1. The lowest BCUT2D eigenvalue weighted by Gasteiger charge is -2.07. The molecule has 0 radical (unpaired) electrons. The average Bonchev–Trinajstić information content (AvgIpc) is 2.80. The van der Waals surface area contributed by atoms with Crippen LogP contribution in [0, 0.1) is 0 Å². The second-order valence-electron chi connectivity index (χ2n) is 4.19. The lowest BCUT2D eigenvalue weighted by atomic mass is 9.95. The van der Waals surface area contributed by atoms with E-state index in [1.54, 1.807) is 0 Å². The van der Waals surface area contributed by atoms with E-state index in [0.29, 0.717) is 0 Å². The normalized spacial score (nSPS) is 16.8. The maximum absolute atomic E-state index is 12.2. The van der Waals surface area contributed by atoms with E-state index in [9.17, 15) is 4.79 Å². The zero-order valence-electron chi connectivity index (χ0n) is 10.3. The van der Waals surface area contributed by atoms with Gasteiger partial charge in [-0.05, 0) is 22.5 Å². The summed E-state index contributed by atoms with van der Waals surface area (Å²) in [6.07, 6.45) is 0.846. The molecule has 0 saturated heterocycles. The molecule has 1 nitrogen and oxygen atoms in total. The molecule has 92 valence electrons. The summed E-state index contributed by atoms with van der Waals surface area (Å²) in [7, 11) is 0. The first kappa shape index (κ1) is 13.3. The fraction of sp³-hybridized carbons (Fsp3) is 0.188. The van der Waals surface area contributed by atoms with Crippen LogP contribution in [0.5, 0.6) is 0 Å². The Hall–Kier alpha value is -1.16. The molecule has 1 unspecified atom stereocenters. The monoisotopic (exact) mass is 350 g/mol. The quantitative estimate of drug-likeness (QED) is 0.555. The molecule has 0 saturated carbocycles. The van der Waals surface area contributed by atoms with Gasteiger partial charge >= 0.3 is 0 Å². The first-order valence-electron chi connectivity index (χ1n) is 5.91. The van der Waals surface area contributed by atoms with E-state index in [1.807, 2.05) is 53.5 Å². The van der Waals surface area contributed by atoms with Crippen molar-refractivity contribution in [3.63, 3.8) is 0 Å². The minimum atomic E-state index is 0.0265. The highest BCUT2D eigenvalue weighted by molar-refractivity contribution is 14.1. The summed E-state index contributed by atoms with van der Waals surface area (Å²) in [5.74, 6) is 0.292. The number of hydrogen-bond donors (Lipinski definition) is 0. The highest BCUT2D eigenvalue weighted by atomic mass is 127. The van der Waals surface area contributed by atoms with E-state index in [1.165, 1.54) is 5.56 Å². The van der Waals surface area contributed by atoms with Gasteiger partial charge in [-0.3, -0.25) is 4.79 Å². The van der Waals surface area contributed by atoms with Crippen LogP contribution in [0.15, 0.2) is 54.6 Å². The van der Waals surface area contributed by atoms with Gasteiger partial charge in [-0.25, -0.2) is 0 Å². The number of rotatable bonds is 1. The van der Waals surface area contributed by atoms with Gasteiger partial charge in [-0.15, -0.1) is 0 Å². The van der Waals surface area contributed by atoms with Gasteiger partial charge in [0.05, 0.1) is 5.92 Å². The first-order chi connectivity index (χ1) is 8.86. The van der Waals surface area contributed by atoms with Gasteiger partial charge in [0.2, 0.25) is 0 Å². The third-order valence-electron chi connectivity index (χ3n) is 3.23. The molecule has 1 atom stereocenters. The van der Waals surface area contributed by atoms with Crippen molar-refractivity contribution in [1.82, 2.24) is 0 Å². The smallest absolute Gasteiger partial charge is 0.170 e. The van der Waals surface area contributed by atoms with E-state index in [2.05, 4.69) is 28.7 Å². The molecule has 0 amide bonds. The Labute approximate surface area is 121 Å². The minimum absolute atomic E-state index is 0.0265. The highest BCUT2D eigenvalue weighted by Gasteiger charge is 2.30. The number of alkyl halides is 1. The molecule has 0 spiro atoms. The van der Waals surface area contributed by atoms with E-state index in [4.69, 9.17) is 0 Å². The van der Waals surface area contributed by atoms with Gasteiger partial charge in [0.1, 0.15) is 0 Å². The zero-order chi connectivity index (χ0) is 13.0. The van der Waals surface area contributed by atoms with Gasteiger partial charge in [0.15, 0.2) is 5.78 Å². The Morgan fingerprint density at radius 1 is 0.944 bits per heavy atom. The van der Waals surface area contributed by atoms with Crippen molar-refractivity contribution >= 4 is 28.4 Å². The number of Topliss-reactive ketones (excluding diaryl/α,β-unsaturated/α-hetero) is 1. The molecule has 0 bridgehead atoms. The van der Waals surface area contributed by atoms with Crippen molar-refractivity contribution in [1.29, 1.82) is 0 Å². The van der Waals surface area contributed by atoms with Crippen LogP contribution in [0.4, 0.5) is 0 Å². The third-order valence-corrected chi connectivity index (χ3v) is 3.23. The number of hydrogen-bond acceptors (Lipinski definition) is 1. The second-order valence-corrected chi connectivity index (χ2v) is 4.19. The van der Waals surface area contributed by atoms with Crippen LogP contribution in [0.2, 0.25) is 0 Å². The van der Waals surface area contributed by atoms with Crippen LogP contribution in [0.1, 0.15) is 27.4 Å². The molecule has 2 aromatic carbocycles. The summed E-state index contributed by atoms with van der Waals surface area (Å²) < 4.78 is 0. The van der Waals surface area contributed by atoms with Crippen molar-refractivity contribution in [2.45, 2.75) is 12.3 Å². The Kier molecular flexibility index (Phi) is 4.53. The molecule has 0 aromatic heterocycles. The molecule has 2 aromatic rings. The predicted octanol–water partition coefficient (Wildman–Crippen LogP) is 4.26. The van der Waals surface area contributed by atoms with Crippen LogP contribution in [0.25, 0.3) is 0 Å². The largest absolute Gasteiger partial charge is 0.293 e. The second kappa shape index (κ2) is 6.14. The molecule has 18 heavy (non-hydrogen) atoms. The summed E-state index contributed by atoms with van der Waals surface area (Å²) >= 11 is 2.15. The minimum Gasteiger partial charge on any atom is -0.293 e. The maximum atomic E-state index is 12.2. The van der Waals surface area contributed by atoms with Gasteiger partial charge in [-0.1, -0.05) is 77.2 Å².